The van der Waals surface area contributed by atoms with Crippen LogP contribution in [0.5, 0.6) is 0 Å². The largest absolute Gasteiger partial charge is 0.315 e. The third-order valence-corrected chi connectivity index (χ3v) is 1.59. The highest BCUT2D eigenvalue weighted by molar-refractivity contribution is 5.97. The summed E-state index contributed by atoms with van der Waals surface area (Å²) in [5.41, 5.74) is 1.20. The molecule has 0 saturated carbocycles. The van der Waals surface area contributed by atoms with Gasteiger partial charge in [-0.3, -0.25) is 0 Å². The Hall–Kier alpha value is -1.12. The van der Waals surface area contributed by atoms with Crippen LogP contribution < -0.4 is 0 Å². The zero-order valence-corrected chi connectivity index (χ0v) is 5.91. The SMILES string of the molecule is CC1=CN2CCN=C2N=C1. The minimum absolute atomic E-state index is 0.866. The predicted molar refractivity (Wildman–Crippen MR) is 41.3 cm³/mol. The van der Waals surface area contributed by atoms with Gasteiger partial charge in [-0.25, -0.2) is 9.98 Å². The number of aliphatic imine (C=N–C) groups is 2. The first kappa shape index (κ1) is 5.65. The lowest BCUT2D eigenvalue weighted by Gasteiger charge is -2.15. The quantitative estimate of drug-likeness (QED) is 0.479. The Morgan fingerprint density at radius 2 is 2.50 bits per heavy atom. The van der Waals surface area contributed by atoms with Crippen LogP contribution >= 0.6 is 0 Å². The highest BCUT2D eigenvalue weighted by Crippen LogP contribution is 2.09. The Balaban J connectivity index is 2.32. The molecule has 0 saturated heterocycles. The molecule has 0 aliphatic carbocycles. The third kappa shape index (κ3) is 0.744. The Morgan fingerprint density at radius 1 is 1.60 bits per heavy atom. The van der Waals surface area contributed by atoms with E-state index in [-0.39, 0.29) is 0 Å². The molecule has 2 aliphatic rings. The molecule has 0 amide bonds. The molecule has 0 spiro atoms. The van der Waals surface area contributed by atoms with Crippen molar-refractivity contribution in [2.75, 3.05) is 13.1 Å². The normalized spacial score (nSPS) is 22.3. The van der Waals surface area contributed by atoms with E-state index in [0.717, 1.165) is 19.0 Å². The second kappa shape index (κ2) is 1.94. The van der Waals surface area contributed by atoms with Gasteiger partial charge in [0.15, 0.2) is 0 Å². The third-order valence-electron chi connectivity index (χ3n) is 1.59. The molecule has 3 nitrogen and oxygen atoms in total. The van der Waals surface area contributed by atoms with Gasteiger partial charge in [0.05, 0.1) is 6.54 Å². The van der Waals surface area contributed by atoms with Crippen LogP contribution in [0.4, 0.5) is 0 Å². The van der Waals surface area contributed by atoms with E-state index in [1.807, 2.05) is 13.1 Å². The van der Waals surface area contributed by atoms with Gasteiger partial charge in [-0.05, 0) is 12.5 Å². The molecule has 0 aromatic heterocycles. The molecule has 2 heterocycles. The Labute approximate surface area is 59.8 Å². The molecule has 3 heteroatoms. The van der Waals surface area contributed by atoms with Crippen molar-refractivity contribution in [3.8, 4) is 0 Å². The lowest BCUT2D eigenvalue weighted by atomic mass is 10.3. The lowest BCUT2D eigenvalue weighted by molar-refractivity contribution is 0.600. The van der Waals surface area contributed by atoms with Gasteiger partial charge in [-0.2, -0.15) is 0 Å². The van der Waals surface area contributed by atoms with Crippen LogP contribution in [0.2, 0.25) is 0 Å². The van der Waals surface area contributed by atoms with Crippen LogP contribution in [0.3, 0.4) is 0 Å². The van der Waals surface area contributed by atoms with Gasteiger partial charge in [0, 0.05) is 19.0 Å². The van der Waals surface area contributed by atoms with Crippen molar-refractivity contribution in [1.82, 2.24) is 4.90 Å². The van der Waals surface area contributed by atoms with Gasteiger partial charge < -0.3 is 4.90 Å². The average Bonchev–Trinajstić information content (AvgIpc) is 2.33. The van der Waals surface area contributed by atoms with Crippen LogP contribution in [-0.4, -0.2) is 30.2 Å². The van der Waals surface area contributed by atoms with Crippen molar-refractivity contribution in [2.24, 2.45) is 9.98 Å². The molecule has 0 N–H and O–H groups in total. The molecule has 0 unspecified atom stereocenters. The molecule has 0 fully saturated rings. The molecule has 0 atom stereocenters. The minimum Gasteiger partial charge on any atom is -0.315 e. The molecule has 0 bridgehead atoms. The Morgan fingerprint density at radius 3 is 3.40 bits per heavy atom. The fourth-order valence-electron chi connectivity index (χ4n) is 1.12. The van der Waals surface area contributed by atoms with Gasteiger partial charge >= 0.3 is 0 Å². The van der Waals surface area contributed by atoms with E-state index in [1.165, 1.54) is 5.57 Å². The van der Waals surface area contributed by atoms with E-state index in [1.54, 1.807) is 0 Å². The van der Waals surface area contributed by atoms with E-state index >= 15 is 0 Å². The molecule has 2 rings (SSSR count). The first-order valence-electron chi connectivity index (χ1n) is 3.40. The summed E-state index contributed by atoms with van der Waals surface area (Å²) in [7, 11) is 0. The van der Waals surface area contributed by atoms with E-state index in [9.17, 15) is 0 Å². The Bertz CT molecular complexity index is 237. The number of fused-ring (bicyclic) bond motifs is 1. The van der Waals surface area contributed by atoms with E-state index < -0.39 is 0 Å². The molecular weight excluding hydrogens is 126 g/mol. The van der Waals surface area contributed by atoms with Crippen molar-refractivity contribution < 1.29 is 0 Å². The molecule has 0 aromatic rings. The topological polar surface area (TPSA) is 28.0 Å². The summed E-state index contributed by atoms with van der Waals surface area (Å²) in [4.78, 5) is 10.4. The van der Waals surface area contributed by atoms with Gasteiger partial charge in [-0.15, -0.1) is 0 Å². The van der Waals surface area contributed by atoms with Crippen molar-refractivity contribution >= 4 is 12.2 Å². The molecule has 0 radical (unpaired) electrons. The smallest absolute Gasteiger partial charge is 0.224 e. The second-order valence-corrected chi connectivity index (χ2v) is 2.51. The summed E-state index contributed by atoms with van der Waals surface area (Å²) in [6, 6.07) is 0. The number of rotatable bonds is 0. The van der Waals surface area contributed by atoms with Crippen LogP contribution in [0.25, 0.3) is 0 Å². The van der Waals surface area contributed by atoms with Crippen molar-refractivity contribution in [1.29, 1.82) is 0 Å². The van der Waals surface area contributed by atoms with Gasteiger partial charge in [-0.1, -0.05) is 0 Å². The predicted octanol–water partition coefficient (Wildman–Crippen LogP) is 0.646. The van der Waals surface area contributed by atoms with E-state index in [2.05, 4.69) is 21.1 Å². The lowest BCUT2D eigenvalue weighted by Crippen LogP contribution is -2.23. The van der Waals surface area contributed by atoms with Gasteiger partial charge in [0.25, 0.3) is 0 Å². The van der Waals surface area contributed by atoms with Crippen LogP contribution in [0.15, 0.2) is 21.8 Å². The van der Waals surface area contributed by atoms with E-state index in [4.69, 9.17) is 0 Å². The van der Waals surface area contributed by atoms with Gasteiger partial charge in [0.1, 0.15) is 0 Å². The highest BCUT2D eigenvalue weighted by atomic mass is 15.3. The summed E-state index contributed by atoms with van der Waals surface area (Å²) in [6.45, 7) is 3.92. The average molecular weight is 135 g/mol. The van der Waals surface area contributed by atoms with Crippen molar-refractivity contribution in [2.45, 2.75) is 6.92 Å². The second-order valence-electron chi connectivity index (χ2n) is 2.51. The van der Waals surface area contributed by atoms with Gasteiger partial charge in [0.2, 0.25) is 5.96 Å². The maximum atomic E-state index is 4.19. The summed E-state index contributed by atoms with van der Waals surface area (Å²) < 4.78 is 0. The fourth-order valence-corrected chi connectivity index (χ4v) is 1.12. The number of hydrogen-bond acceptors (Lipinski definition) is 3. The molecule has 52 valence electrons. The highest BCUT2D eigenvalue weighted by Gasteiger charge is 2.15. The first-order chi connectivity index (χ1) is 4.86. The summed E-state index contributed by atoms with van der Waals surface area (Å²) in [5, 5.41) is 0. The minimum atomic E-state index is 0.866. The zero-order chi connectivity index (χ0) is 6.97. The zero-order valence-electron chi connectivity index (χ0n) is 5.91. The molecule has 0 aromatic carbocycles. The van der Waals surface area contributed by atoms with Crippen LogP contribution in [0.1, 0.15) is 6.92 Å². The van der Waals surface area contributed by atoms with Crippen molar-refractivity contribution in [3.63, 3.8) is 0 Å². The summed E-state index contributed by atoms with van der Waals surface area (Å²) >= 11 is 0. The maximum absolute atomic E-state index is 4.19. The number of hydrogen-bond donors (Lipinski definition) is 0. The van der Waals surface area contributed by atoms with E-state index in [0.29, 0.717) is 0 Å². The van der Waals surface area contributed by atoms with Crippen molar-refractivity contribution in [3.05, 3.63) is 11.8 Å². The monoisotopic (exact) mass is 135 g/mol. The molecule has 10 heavy (non-hydrogen) atoms. The standard InChI is InChI=1S/C7H9N3/c1-6-4-9-7-8-2-3-10(7)5-6/h4-5H,2-3H2,1H3. The Kier molecular flexibility index (Phi) is 1.09. The summed E-state index contributed by atoms with van der Waals surface area (Å²) in [6.07, 6.45) is 3.93. The maximum Gasteiger partial charge on any atom is 0.224 e. The first-order valence-corrected chi connectivity index (χ1v) is 3.40. The number of guanidine groups is 1. The fraction of sp³-hybridized carbons (Fsp3) is 0.429. The van der Waals surface area contributed by atoms with Crippen LogP contribution in [-0.2, 0) is 0 Å². The number of nitrogens with zero attached hydrogens (tertiary/aromatic N) is 3. The molecular formula is C7H9N3. The molecule has 2 aliphatic heterocycles. The van der Waals surface area contributed by atoms with Crippen LogP contribution in [0, 0.1) is 0 Å². The summed E-state index contributed by atoms with van der Waals surface area (Å²) in [5.74, 6) is 0.866. The number of allylic oxidation sites excluding steroid dienone is 1.